The minimum Gasteiger partial charge on any atom is -0.373 e. The molecule has 0 aliphatic carbocycles. The summed E-state index contributed by atoms with van der Waals surface area (Å²) in [6, 6.07) is 0. The van der Waals surface area contributed by atoms with Gasteiger partial charge in [0.15, 0.2) is 0 Å². The first-order valence-electron chi connectivity index (χ1n) is 5.74. The number of ether oxygens (including phenoxy) is 1. The van der Waals surface area contributed by atoms with E-state index in [4.69, 9.17) is 4.74 Å². The van der Waals surface area contributed by atoms with Crippen LogP contribution >= 0.6 is 0 Å². The molecule has 0 amide bonds. The number of hydrogen-bond donors (Lipinski definition) is 0. The van der Waals surface area contributed by atoms with Gasteiger partial charge in [0.2, 0.25) is 0 Å². The Labute approximate surface area is 88.6 Å². The molecule has 0 radical (unpaired) electrons. The predicted octanol–water partition coefficient (Wildman–Crippen LogP) is 2.53. The molecule has 1 saturated heterocycles. The van der Waals surface area contributed by atoms with Crippen molar-refractivity contribution >= 4 is 0 Å². The topological polar surface area (TPSA) is 12.5 Å². The van der Waals surface area contributed by atoms with E-state index in [1.54, 1.807) is 0 Å². The maximum atomic E-state index is 5.75. The van der Waals surface area contributed by atoms with Gasteiger partial charge in [0.1, 0.15) is 0 Å². The van der Waals surface area contributed by atoms with Gasteiger partial charge in [-0.05, 0) is 33.6 Å². The second-order valence-electron chi connectivity index (χ2n) is 5.47. The van der Waals surface area contributed by atoms with Crippen molar-refractivity contribution in [2.75, 3.05) is 13.1 Å². The summed E-state index contributed by atoms with van der Waals surface area (Å²) in [5.41, 5.74) is 0.284. The van der Waals surface area contributed by atoms with E-state index in [0.717, 1.165) is 13.1 Å². The average Bonchev–Trinajstić information content (AvgIpc) is 2.01. The standard InChI is InChI=1S/C12H25NO/c1-9(2)12(5,6)13-7-10(3)14-11(4)8-13/h9-11H,7-8H2,1-6H3. The zero-order valence-electron chi connectivity index (χ0n) is 10.5. The quantitative estimate of drug-likeness (QED) is 0.677. The predicted molar refractivity (Wildman–Crippen MR) is 60.5 cm³/mol. The van der Waals surface area contributed by atoms with Crippen molar-refractivity contribution in [3.05, 3.63) is 0 Å². The van der Waals surface area contributed by atoms with Crippen LogP contribution in [0.4, 0.5) is 0 Å². The highest BCUT2D eigenvalue weighted by molar-refractivity contribution is 4.88. The second kappa shape index (κ2) is 4.19. The largest absolute Gasteiger partial charge is 0.373 e. The number of morpholine rings is 1. The normalized spacial score (nSPS) is 31.1. The Morgan fingerprint density at radius 1 is 1.14 bits per heavy atom. The molecule has 2 atom stereocenters. The lowest BCUT2D eigenvalue weighted by atomic mass is 9.87. The number of nitrogens with zero attached hydrogens (tertiary/aromatic N) is 1. The van der Waals surface area contributed by atoms with Crippen molar-refractivity contribution in [1.29, 1.82) is 0 Å². The van der Waals surface area contributed by atoms with E-state index >= 15 is 0 Å². The third kappa shape index (κ3) is 2.48. The summed E-state index contributed by atoms with van der Waals surface area (Å²) in [7, 11) is 0. The summed E-state index contributed by atoms with van der Waals surface area (Å²) in [4.78, 5) is 2.57. The smallest absolute Gasteiger partial charge is 0.0678 e. The average molecular weight is 199 g/mol. The van der Waals surface area contributed by atoms with Crippen molar-refractivity contribution in [1.82, 2.24) is 4.90 Å². The molecule has 0 aromatic heterocycles. The molecule has 0 saturated carbocycles. The molecule has 1 aliphatic rings. The fraction of sp³-hybridized carbons (Fsp3) is 1.00. The Bertz CT molecular complexity index is 179. The Morgan fingerprint density at radius 3 is 1.93 bits per heavy atom. The van der Waals surface area contributed by atoms with Crippen LogP contribution in [0.1, 0.15) is 41.5 Å². The van der Waals surface area contributed by atoms with Gasteiger partial charge in [-0.1, -0.05) is 13.8 Å². The molecule has 84 valence electrons. The van der Waals surface area contributed by atoms with Crippen LogP contribution in [0.25, 0.3) is 0 Å². The Morgan fingerprint density at radius 2 is 1.57 bits per heavy atom. The molecule has 1 aliphatic heterocycles. The Hall–Kier alpha value is -0.0800. The van der Waals surface area contributed by atoms with E-state index in [1.165, 1.54) is 0 Å². The lowest BCUT2D eigenvalue weighted by molar-refractivity contribution is -0.104. The molecule has 2 unspecified atom stereocenters. The summed E-state index contributed by atoms with van der Waals surface area (Å²) in [6.07, 6.45) is 0.744. The summed E-state index contributed by atoms with van der Waals surface area (Å²) in [5.74, 6) is 0.681. The van der Waals surface area contributed by atoms with Crippen LogP contribution in [-0.4, -0.2) is 35.7 Å². The van der Waals surface area contributed by atoms with Crippen molar-refractivity contribution in [3.8, 4) is 0 Å². The molecule has 1 rings (SSSR count). The van der Waals surface area contributed by atoms with Gasteiger partial charge in [-0.3, -0.25) is 4.90 Å². The molecule has 0 aromatic carbocycles. The monoisotopic (exact) mass is 199 g/mol. The van der Waals surface area contributed by atoms with Crippen LogP contribution < -0.4 is 0 Å². The molecule has 0 N–H and O–H groups in total. The lowest BCUT2D eigenvalue weighted by Crippen LogP contribution is -2.56. The van der Waals surface area contributed by atoms with Crippen LogP contribution in [-0.2, 0) is 4.74 Å². The maximum Gasteiger partial charge on any atom is 0.0678 e. The molecule has 2 nitrogen and oxygen atoms in total. The first-order chi connectivity index (χ1) is 6.34. The first-order valence-corrected chi connectivity index (χ1v) is 5.74. The molecule has 0 aromatic rings. The Kier molecular flexibility index (Phi) is 3.59. The van der Waals surface area contributed by atoms with Crippen molar-refractivity contribution in [2.45, 2.75) is 59.3 Å². The highest BCUT2D eigenvalue weighted by Crippen LogP contribution is 2.27. The second-order valence-corrected chi connectivity index (χ2v) is 5.47. The van der Waals surface area contributed by atoms with Crippen LogP contribution in [0.3, 0.4) is 0 Å². The zero-order valence-corrected chi connectivity index (χ0v) is 10.5. The molecule has 2 heteroatoms. The molecular weight excluding hydrogens is 174 g/mol. The zero-order chi connectivity index (χ0) is 10.9. The fourth-order valence-electron chi connectivity index (χ4n) is 2.01. The van der Waals surface area contributed by atoms with Gasteiger partial charge in [-0.25, -0.2) is 0 Å². The van der Waals surface area contributed by atoms with Crippen molar-refractivity contribution in [2.24, 2.45) is 5.92 Å². The Balaban J connectivity index is 2.67. The van der Waals surface area contributed by atoms with E-state index in [0.29, 0.717) is 18.1 Å². The van der Waals surface area contributed by atoms with Gasteiger partial charge < -0.3 is 4.74 Å². The van der Waals surface area contributed by atoms with Crippen LogP contribution in [0.15, 0.2) is 0 Å². The fourth-order valence-corrected chi connectivity index (χ4v) is 2.01. The summed E-state index contributed by atoms with van der Waals surface area (Å²) in [6.45, 7) is 15.7. The van der Waals surface area contributed by atoms with Gasteiger partial charge in [-0.15, -0.1) is 0 Å². The van der Waals surface area contributed by atoms with Gasteiger partial charge in [0.25, 0.3) is 0 Å². The van der Waals surface area contributed by atoms with Crippen molar-refractivity contribution < 1.29 is 4.74 Å². The van der Waals surface area contributed by atoms with Crippen LogP contribution in [0.5, 0.6) is 0 Å². The third-order valence-electron chi connectivity index (χ3n) is 3.65. The SMILES string of the molecule is CC1CN(C(C)(C)C(C)C)CC(C)O1. The summed E-state index contributed by atoms with van der Waals surface area (Å²) in [5, 5.41) is 0. The van der Waals surface area contributed by atoms with E-state index in [1.807, 2.05) is 0 Å². The number of rotatable bonds is 2. The van der Waals surface area contributed by atoms with Gasteiger partial charge in [0, 0.05) is 18.6 Å². The van der Waals surface area contributed by atoms with E-state index in [2.05, 4.69) is 46.4 Å². The van der Waals surface area contributed by atoms with Gasteiger partial charge >= 0.3 is 0 Å². The molecule has 1 heterocycles. The van der Waals surface area contributed by atoms with E-state index in [-0.39, 0.29) is 5.54 Å². The summed E-state index contributed by atoms with van der Waals surface area (Å²) < 4.78 is 5.75. The minimum atomic E-state index is 0.284. The van der Waals surface area contributed by atoms with E-state index < -0.39 is 0 Å². The maximum absolute atomic E-state index is 5.75. The van der Waals surface area contributed by atoms with E-state index in [9.17, 15) is 0 Å². The summed E-state index contributed by atoms with van der Waals surface area (Å²) >= 11 is 0. The third-order valence-corrected chi connectivity index (χ3v) is 3.65. The van der Waals surface area contributed by atoms with Gasteiger partial charge in [0.05, 0.1) is 12.2 Å². The highest BCUT2D eigenvalue weighted by Gasteiger charge is 2.34. The first kappa shape index (κ1) is 12.0. The van der Waals surface area contributed by atoms with Crippen molar-refractivity contribution in [3.63, 3.8) is 0 Å². The lowest BCUT2D eigenvalue weighted by Gasteiger charge is -2.47. The molecule has 14 heavy (non-hydrogen) atoms. The highest BCUT2D eigenvalue weighted by atomic mass is 16.5. The number of hydrogen-bond acceptors (Lipinski definition) is 2. The van der Waals surface area contributed by atoms with Gasteiger partial charge in [-0.2, -0.15) is 0 Å². The molecule has 0 spiro atoms. The van der Waals surface area contributed by atoms with Crippen LogP contribution in [0, 0.1) is 5.92 Å². The minimum absolute atomic E-state index is 0.284. The molecule has 0 bridgehead atoms. The molecular formula is C12H25NO. The van der Waals surface area contributed by atoms with Crippen LogP contribution in [0.2, 0.25) is 0 Å². The molecule has 1 fully saturated rings.